The molecular formula is C13H18N2O9S. The first-order chi connectivity index (χ1) is 11.7. The Hall–Kier alpha value is -1.67. The molecule has 11 nitrogen and oxygen atoms in total. The van der Waals surface area contributed by atoms with Crippen molar-refractivity contribution in [3.05, 3.63) is 34.4 Å². The molecule has 25 heavy (non-hydrogen) atoms. The van der Waals surface area contributed by atoms with Crippen molar-refractivity contribution in [3.63, 3.8) is 0 Å². The van der Waals surface area contributed by atoms with Gasteiger partial charge in [-0.2, -0.15) is 0 Å². The van der Waals surface area contributed by atoms with Crippen LogP contribution in [0.25, 0.3) is 0 Å². The van der Waals surface area contributed by atoms with Crippen molar-refractivity contribution in [2.45, 2.75) is 35.6 Å². The molecule has 1 aromatic carbocycles. The minimum absolute atomic E-state index is 0.215. The molecule has 0 amide bonds. The zero-order chi connectivity index (χ0) is 18.8. The highest BCUT2D eigenvalue weighted by atomic mass is 32.2. The number of benzene rings is 1. The number of methoxy groups -OCH3 is 1. The van der Waals surface area contributed by atoms with E-state index in [4.69, 9.17) is 9.47 Å². The maximum Gasteiger partial charge on any atom is 0.269 e. The minimum atomic E-state index is -4.03. The molecular weight excluding hydrogens is 360 g/mol. The molecule has 5 atom stereocenters. The van der Waals surface area contributed by atoms with Crippen LogP contribution in [-0.4, -0.2) is 73.0 Å². The second-order valence-corrected chi connectivity index (χ2v) is 7.12. The quantitative estimate of drug-likeness (QED) is 0.334. The second kappa shape index (κ2) is 7.70. The normalized spacial score (nSPS) is 30.2. The van der Waals surface area contributed by atoms with Crippen molar-refractivity contribution in [2.75, 3.05) is 13.7 Å². The van der Waals surface area contributed by atoms with Gasteiger partial charge in [0.2, 0.25) is 10.0 Å². The molecule has 12 heteroatoms. The van der Waals surface area contributed by atoms with Crippen LogP contribution >= 0.6 is 0 Å². The van der Waals surface area contributed by atoms with E-state index in [2.05, 4.69) is 4.72 Å². The van der Waals surface area contributed by atoms with Crippen molar-refractivity contribution >= 4 is 15.7 Å². The van der Waals surface area contributed by atoms with E-state index in [0.29, 0.717) is 0 Å². The van der Waals surface area contributed by atoms with Gasteiger partial charge in [0.1, 0.15) is 24.4 Å². The van der Waals surface area contributed by atoms with Crippen LogP contribution in [0.4, 0.5) is 5.69 Å². The topological polar surface area (TPSA) is 168 Å². The molecule has 2 rings (SSSR count). The fourth-order valence-corrected chi connectivity index (χ4v) is 3.35. The van der Waals surface area contributed by atoms with Crippen LogP contribution in [0.1, 0.15) is 0 Å². The van der Waals surface area contributed by atoms with Crippen molar-refractivity contribution in [2.24, 2.45) is 0 Å². The maximum absolute atomic E-state index is 12.2. The summed E-state index contributed by atoms with van der Waals surface area (Å²) in [4.78, 5) is 9.71. The summed E-state index contributed by atoms with van der Waals surface area (Å²) in [5.41, 5.74) is -0.259. The fourth-order valence-electron chi connectivity index (χ4n) is 2.30. The molecule has 1 saturated heterocycles. The average molecular weight is 378 g/mol. The van der Waals surface area contributed by atoms with Gasteiger partial charge in [-0.15, -0.1) is 0 Å². The van der Waals surface area contributed by atoms with Crippen LogP contribution in [0.15, 0.2) is 29.2 Å². The number of non-ortho nitro benzene ring substituents is 1. The Balaban J connectivity index is 2.07. The third kappa shape index (κ3) is 4.30. The monoisotopic (exact) mass is 378 g/mol. The molecule has 4 N–H and O–H groups in total. The van der Waals surface area contributed by atoms with Gasteiger partial charge >= 0.3 is 0 Å². The lowest BCUT2D eigenvalue weighted by Crippen LogP contribution is -2.60. The smallest absolute Gasteiger partial charge is 0.269 e. The summed E-state index contributed by atoms with van der Waals surface area (Å²) in [5.74, 6) is 0. The Morgan fingerprint density at radius 1 is 1.20 bits per heavy atom. The Morgan fingerprint density at radius 3 is 2.32 bits per heavy atom. The van der Waals surface area contributed by atoms with E-state index in [-0.39, 0.29) is 10.6 Å². The molecule has 1 aliphatic heterocycles. The van der Waals surface area contributed by atoms with Crippen LogP contribution in [0.3, 0.4) is 0 Å². The molecule has 0 aromatic heterocycles. The van der Waals surface area contributed by atoms with Gasteiger partial charge in [-0.3, -0.25) is 10.1 Å². The van der Waals surface area contributed by atoms with Gasteiger partial charge in [-0.05, 0) is 12.1 Å². The van der Waals surface area contributed by atoms with Gasteiger partial charge in [-0.1, -0.05) is 0 Å². The maximum atomic E-state index is 12.2. The van der Waals surface area contributed by atoms with E-state index in [1.54, 1.807) is 0 Å². The number of hydrogen-bond donors (Lipinski definition) is 4. The number of aliphatic hydroxyl groups is 3. The molecule has 1 heterocycles. The minimum Gasteiger partial charge on any atom is -0.388 e. The number of hydrogen-bond acceptors (Lipinski definition) is 9. The highest BCUT2D eigenvalue weighted by molar-refractivity contribution is 7.89. The molecule has 1 aliphatic rings. The zero-order valence-corrected chi connectivity index (χ0v) is 13.9. The van der Waals surface area contributed by atoms with E-state index in [1.807, 2.05) is 0 Å². The van der Waals surface area contributed by atoms with Crippen molar-refractivity contribution in [1.82, 2.24) is 4.72 Å². The van der Waals surface area contributed by atoms with Crippen LogP contribution in [-0.2, 0) is 19.5 Å². The summed E-state index contributed by atoms with van der Waals surface area (Å²) in [6, 6.07) is 4.22. The van der Waals surface area contributed by atoms with E-state index >= 15 is 0 Å². The number of nitro groups is 1. The van der Waals surface area contributed by atoms with E-state index in [1.165, 1.54) is 7.11 Å². The number of nitro benzene ring substituents is 1. The number of sulfonamides is 1. The van der Waals surface area contributed by atoms with Crippen LogP contribution < -0.4 is 4.72 Å². The number of aliphatic hydroxyl groups excluding tert-OH is 3. The number of rotatable bonds is 6. The summed E-state index contributed by atoms with van der Waals surface area (Å²) < 4.78 is 36.6. The molecule has 0 bridgehead atoms. The highest BCUT2D eigenvalue weighted by Gasteiger charge is 2.44. The Labute approximate surface area is 143 Å². The number of nitrogens with zero attached hydrogens (tertiary/aromatic N) is 1. The lowest BCUT2D eigenvalue weighted by atomic mass is 9.99. The highest BCUT2D eigenvalue weighted by Crippen LogP contribution is 2.22. The van der Waals surface area contributed by atoms with Gasteiger partial charge in [0, 0.05) is 25.8 Å². The summed E-state index contributed by atoms with van der Waals surface area (Å²) in [6.45, 7) is -0.413. The summed E-state index contributed by atoms with van der Waals surface area (Å²) >= 11 is 0. The first-order valence-corrected chi connectivity index (χ1v) is 8.62. The van der Waals surface area contributed by atoms with Gasteiger partial charge in [0.25, 0.3) is 5.69 Å². The third-order valence-corrected chi connectivity index (χ3v) is 5.17. The van der Waals surface area contributed by atoms with E-state index in [9.17, 15) is 33.9 Å². The van der Waals surface area contributed by atoms with E-state index in [0.717, 1.165) is 24.3 Å². The average Bonchev–Trinajstić information content (AvgIpc) is 2.59. The van der Waals surface area contributed by atoms with Gasteiger partial charge < -0.3 is 24.8 Å². The zero-order valence-electron chi connectivity index (χ0n) is 13.0. The Morgan fingerprint density at radius 2 is 1.80 bits per heavy atom. The molecule has 140 valence electrons. The van der Waals surface area contributed by atoms with Gasteiger partial charge in [0.15, 0.2) is 6.29 Å². The number of ether oxygens (including phenoxy) is 2. The lowest BCUT2D eigenvalue weighted by molar-refractivity contribution is -0.384. The molecule has 2 unspecified atom stereocenters. The molecule has 0 radical (unpaired) electrons. The fraction of sp³-hybridized carbons (Fsp3) is 0.538. The molecule has 0 saturated carbocycles. The molecule has 1 fully saturated rings. The standard InChI is InChI=1S/C13H18N2O9S/c1-23-13-12(18)11(17)10(16)9(24-13)6-14-25(21,22)8-4-2-7(3-5-8)15(19)20/h2-5,9-14,16-18H,6H2,1H3/t9-,10-,11?,12+,13?/m1/s1. The van der Waals surface area contributed by atoms with Gasteiger partial charge in [-0.25, -0.2) is 13.1 Å². The molecule has 1 aromatic rings. The molecule has 0 spiro atoms. The largest absolute Gasteiger partial charge is 0.388 e. The SMILES string of the molecule is COC1O[C@H](CNS(=O)(=O)c2ccc([N+](=O)[O-])cc2)[C@@H](O)C(O)[C@@H]1O. The summed E-state index contributed by atoms with van der Waals surface area (Å²) in [7, 11) is -2.81. The predicted octanol–water partition coefficient (Wildman–Crippen LogP) is -1.67. The molecule has 0 aliphatic carbocycles. The third-order valence-electron chi connectivity index (χ3n) is 3.73. The van der Waals surface area contributed by atoms with Crippen LogP contribution in [0, 0.1) is 10.1 Å². The number of nitrogens with one attached hydrogen (secondary N) is 1. The van der Waals surface area contributed by atoms with Crippen molar-refractivity contribution < 1.29 is 38.1 Å². The summed E-state index contributed by atoms with van der Waals surface area (Å²) in [6.07, 6.45) is -7.00. The summed E-state index contributed by atoms with van der Waals surface area (Å²) in [5, 5.41) is 39.9. The predicted molar refractivity (Wildman–Crippen MR) is 82.0 cm³/mol. The van der Waals surface area contributed by atoms with Crippen molar-refractivity contribution in [3.8, 4) is 0 Å². The first kappa shape index (κ1) is 19.7. The van der Waals surface area contributed by atoms with Crippen LogP contribution in [0.5, 0.6) is 0 Å². The second-order valence-electron chi connectivity index (χ2n) is 5.35. The lowest BCUT2D eigenvalue weighted by Gasteiger charge is -2.39. The van der Waals surface area contributed by atoms with Gasteiger partial charge in [0.05, 0.1) is 9.82 Å². The van der Waals surface area contributed by atoms with Crippen molar-refractivity contribution in [1.29, 1.82) is 0 Å². The first-order valence-electron chi connectivity index (χ1n) is 7.14. The Kier molecular flexibility index (Phi) is 6.05. The van der Waals surface area contributed by atoms with Crippen LogP contribution in [0.2, 0.25) is 0 Å². The van der Waals surface area contributed by atoms with E-state index < -0.39 is 52.2 Å². The Bertz CT molecular complexity index is 707.